The standard InChI is InChI=1S/C9H17Cl3O2/c1-2-9(12,7-13-5-3-10)8-14-6-4-11/h2-8H2,1H3. The van der Waals surface area contributed by atoms with E-state index in [1.807, 2.05) is 6.92 Å². The van der Waals surface area contributed by atoms with Gasteiger partial charge in [-0.3, -0.25) is 0 Å². The molecule has 0 saturated carbocycles. The first kappa shape index (κ1) is 14.8. The lowest BCUT2D eigenvalue weighted by molar-refractivity contribution is 0.0608. The monoisotopic (exact) mass is 262 g/mol. The van der Waals surface area contributed by atoms with Gasteiger partial charge in [0.2, 0.25) is 0 Å². The van der Waals surface area contributed by atoms with Crippen LogP contribution < -0.4 is 0 Å². The second-order valence-corrected chi connectivity index (χ2v) is 4.55. The van der Waals surface area contributed by atoms with Gasteiger partial charge in [-0.1, -0.05) is 6.92 Å². The van der Waals surface area contributed by atoms with Gasteiger partial charge in [-0.2, -0.15) is 0 Å². The van der Waals surface area contributed by atoms with Gasteiger partial charge in [0.15, 0.2) is 0 Å². The molecular weight excluding hydrogens is 246 g/mol. The molecule has 0 saturated heterocycles. The van der Waals surface area contributed by atoms with Gasteiger partial charge in [0.05, 0.1) is 31.3 Å². The number of alkyl halides is 3. The van der Waals surface area contributed by atoms with E-state index in [2.05, 4.69) is 0 Å². The van der Waals surface area contributed by atoms with Crippen LogP contribution in [0.25, 0.3) is 0 Å². The van der Waals surface area contributed by atoms with Crippen molar-refractivity contribution in [3.8, 4) is 0 Å². The van der Waals surface area contributed by atoms with Gasteiger partial charge in [0, 0.05) is 11.8 Å². The van der Waals surface area contributed by atoms with E-state index < -0.39 is 4.87 Å². The van der Waals surface area contributed by atoms with Gasteiger partial charge < -0.3 is 9.47 Å². The van der Waals surface area contributed by atoms with Crippen LogP contribution in [0.2, 0.25) is 0 Å². The van der Waals surface area contributed by atoms with E-state index >= 15 is 0 Å². The first-order chi connectivity index (χ1) is 6.68. The molecule has 0 aliphatic rings. The van der Waals surface area contributed by atoms with Crippen LogP contribution in [0.15, 0.2) is 0 Å². The minimum atomic E-state index is -0.446. The molecule has 0 radical (unpaired) electrons. The second kappa shape index (κ2) is 9.05. The molecule has 0 unspecified atom stereocenters. The number of hydrogen-bond donors (Lipinski definition) is 0. The summed E-state index contributed by atoms with van der Waals surface area (Å²) in [5.41, 5.74) is 0. The van der Waals surface area contributed by atoms with Crippen molar-refractivity contribution in [1.82, 2.24) is 0 Å². The average molecular weight is 264 g/mol. The molecule has 0 bridgehead atoms. The molecular formula is C9H17Cl3O2. The molecule has 0 spiro atoms. The number of hydrogen-bond acceptors (Lipinski definition) is 2. The molecule has 14 heavy (non-hydrogen) atoms. The summed E-state index contributed by atoms with van der Waals surface area (Å²) in [6, 6.07) is 0. The summed E-state index contributed by atoms with van der Waals surface area (Å²) < 4.78 is 10.6. The highest BCUT2D eigenvalue weighted by Gasteiger charge is 2.25. The fourth-order valence-electron chi connectivity index (χ4n) is 0.865. The summed E-state index contributed by atoms with van der Waals surface area (Å²) in [4.78, 5) is -0.446. The Balaban J connectivity index is 3.67. The normalized spacial score (nSPS) is 12.0. The Morgan fingerprint density at radius 1 is 1.00 bits per heavy atom. The zero-order valence-corrected chi connectivity index (χ0v) is 10.7. The van der Waals surface area contributed by atoms with Crippen molar-refractivity contribution in [2.75, 3.05) is 38.2 Å². The summed E-state index contributed by atoms with van der Waals surface area (Å²) in [6.45, 7) is 3.96. The Kier molecular flexibility index (Phi) is 9.56. The molecule has 0 aromatic heterocycles. The predicted octanol–water partition coefficient (Wildman–Crippen LogP) is 2.88. The first-order valence-electron chi connectivity index (χ1n) is 4.65. The van der Waals surface area contributed by atoms with Gasteiger partial charge in [-0.15, -0.1) is 34.8 Å². The lowest BCUT2D eigenvalue weighted by Gasteiger charge is -2.24. The highest BCUT2D eigenvalue weighted by atomic mass is 35.5. The highest BCUT2D eigenvalue weighted by molar-refractivity contribution is 6.24. The zero-order valence-electron chi connectivity index (χ0n) is 8.40. The molecule has 86 valence electrons. The third-order valence-corrected chi connectivity index (χ3v) is 2.59. The largest absolute Gasteiger partial charge is 0.378 e. The van der Waals surface area contributed by atoms with E-state index in [0.29, 0.717) is 38.2 Å². The lowest BCUT2D eigenvalue weighted by atomic mass is 10.1. The summed E-state index contributed by atoms with van der Waals surface area (Å²) in [5.74, 6) is 0.971. The Bertz CT molecular complexity index is 123. The smallest absolute Gasteiger partial charge is 0.0909 e. The average Bonchev–Trinajstić information content (AvgIpc) is 2.19. The van der Waals surface area contributed by atoms with E-state index in [1.54, 1.807) is 0 Å². The molecule has 0 amide bonds. The van der Waals surface area contributed by atoms with E-state index in [9.17, 15) is 0 Å². The zero-order chi connectivity index (χ0) is 10.9. The van der Waals surface area contributed by atoms with E-state index in [1.165, 1.54) is 0 Å². The van der Waals surface area contributed by atoms with Gasteiger partial charge >= 0.3 is 0 Å². The molecule has 0 heterocycles. The molecule has 0 aliphatic carbocycles. The van der Waals surface area contributed by atoms with Crippen molar-refractivity contribution < 1.29 is 9.47 Å². The summed E-state index contributed by atoms with van der Waals surface area (Å²) in [7, 11) is 0. The minimum Gasteiger partial charge on any atom is -0.378 e. The van der Waals surface area contributed by atoms with Crippen LogP contribution in [-0.4, -0.2) is 43.1 Å². The molecule has 0 aliphatic heterocycles. The molecule has 0 fully saturated rings. The van der Waals surface area contributed by atoms with Crippen molar-refractivity contribution in [2.24, 2.45) is 0 Å². The number of rotatable bonds is 9. The van der Waals surface area contributed by atoms with Gasteiger partial charge in [-0.05, 0) is 6.42 Å². The van der Waals surface area contributed by atoms with Crippen molar-refractivity contribution in [3.63, 3.8) is 0 Å². The SMILES string of the molecule is CCC(Cl)(COCCCl)COCCCl. The molecule has 0 aromatic carbocycles. The summed E-state index contributed by atoms with van der Waals surface area (Å²) in [6.07, 6.45) is 0.791. The maximum atomic E-state index is 6.26. The fraction of sp³-hybridized carbons (Fsp3) is 1.00. The van der Waals surface area contributed by atoms with Gasteiger partial charge in [0.1, 0.15) is 0 Å². The summed E-state index contributed by atoms with van der Waals surface area (Å²) in [5, 5.41) is 0. The van der Waals surface area contributed by atoms with Gasteiger partial charge in [-0.25, -0.2) is 0 Å². The van der Waals surface area contributed by atoms with Crippen molar-refractivity contribution in [1.29, 1.82) is 0 Å². The lowest BCUT2D eigenvalue weighted by Crippen LogP contribution is -2.33. The van der Waals surface area contributed by atoms with Crippen LogP contribution in [0.1, 0.15) is 13.3 Å². The van der Waals surface area contributed by atoms with Crippen LogP contribution in [0, 0.1) is 0 Å². The molecule has 0 aromatic rings. The van der Waals surface area contributed by atoms with Crippen molar-refractivity contribution >= 4 is 34.8 Å². The predicted molar refractivity (Wildman–Crippen MR) is 62.0 cm³/mol. The van der Waals surface area contributed by atoms with Crippen LogP contribution in [0.4, 0.5) is 0 Å². The third-order valence-electron chi connectivity index (χ3n) is 1.80. The quantitative estimate of drug-likeness (QED) is 0.470. The fourth-order valence-corrected chi connectivity index (χ4v) is 1.24. The van der Waals surface area contributed by atoms with Gasteiger partial charge in [0.25, 0.3) is 0 Å². The van der Waals surface area contributed by atoms with Crippen molar-refractivity contribution in [2.45, 2.75) is 18.2 Å². The van der Waals surface area contributed by atoms with Crippen LogP contribution in [0.3, 0.4) is 0 Å². The molecule has 2 nitrogen and oxygen atoms in total. The number of ether oxygens (including phenoxy) is 2. The Labute approximate surface area is 101 Å². The maximum Gasteiger partial charge on any atom is 0.0909 e. The van der Waals surface area contributed by atoms with Crippen LogP contribution in [0.5, 0.6) is 0 Å². The molecule has 0 rings (SSSR count). The Morgan fingerprint density at radius 2 is 1.43 bits per heavy atom. The molecule has 0 N–H and O–H groups in total. The molecule has 0 atom stereocenters. The Hall–Kier alpha value is 0.790. The van der Waals surface area contributed by atoms with Crippen LogP contribution >= 0.6 is 34.8 Å². The second-order valence-electron chi connectivity index (χ2n) is 2.99. The van der Waals surface area contributed by atoms with Crippen LogP contribution in [-0.2, 0) is 9.47 Å². The summed E-state index contributed by atoms with van der Waals surface area (Å²) >= 11 is 17.2. The topological polar surface area (TPSA) is 18.5 Å². The maximum absolute atomic E-state index is 6.26. The van der Waals surface area contributed by atoms with E-state index in [-0.39, 0.29) is 0 Å². The third kappa shape index (κ3) is 7.13. The van der Waals surface area contributed by atoms with E-state index in [0.717, 1.165) is 6.42 Å². The first-order valence-corrected chi connectivity index (χ1v) is 6.09. The van der Waals surface area contributed by atoms with E-state index in [4.69, 9.17) is 44.3 Å². The number of halogens is 3. The Morgan fingerprint density at radius 3 is 1.71 bits per heavy atom. The highest BCUT2D eigenvalue weighted by Crippen LogP contribution is 2.20. The van der Waals surface area contributed by atoms with Crippen molar-refractivity contribution in [3.05, 3.63) is 0 Å². The molecule has 5 heteroatoms. The minimum absolute atomic E-state index is 0.446.